The Hall–Kier alpha value is -7.94. The summed E-state index contributed by atoms with van der Waals surface area (Å²) in [7, 11) is 0. The van der Waals surface area contributed by atoms with Gasteiger partial charge >= 0.3 is 0 Å². The second-order valence-electron chi connectivity index (χ2n) is 14.3. The van der Waals surface area contributed by atoms with E-state index < -0.39 is 5.41 Å². The molecular formula is C53H34N4O. The van der Waals surface area contributed by atoms with Crippen molar-refractivity contribution in [1.82, 2.24) is 15.0 Å². The first kappa shape index (κ1) is 34.5. The number of hydrogen-bond acceptors (Lipinski definition) is 4. The summed E-state index contributed by atoms with van der Waals surface area (Å²) in [6.07, 6.45) is 0. The first-order chi connectivity index (χ1) is 28.7. The zero-order chi connectivity index (χ0) is 38.9. The number of rotatable bonds is 7. The fraction of sp³-hybridized carbons (Fsp3) is 0.0189. The van der Waals surface area contributed by atoms with Crippen molar-refractivity contribution in [3.63, 3.8) is 0 Å². The summed E-state index contributed by atoms with van der Waals surface area (Å²) < 4.78 is 6.71. The van der Waals surface area contributed by atoms with E-state index in [0.29, 0.717) is 23.2 Å². The minimum absolute atomic E-state index is 0.550. The van der Waals surface area contributed by atoms with Gasteiger partial charge < -0.3 is 4.74 Å². The van der Waals surface area contributed by atoms with E-state index in [-0.39, 0.29) is 0 Å². The van der Waals surface area contributed by atoms with Crippen molar-refractivity contribution in [1.29, 1.82) is 0 Å². The maximum atomic E-state index is 7.40. The van der Waals surface area contributed by atoms with Gasteiger partial charge in [-0.2, -0.15) is 0 Å². The topological polar surface area (TPSA) is 52.3 Å². The van der Waals surface area contributed by atoms with Gasteiger partial charge in [-0.3, -0.25) is 0 Å². The van der Waals surface area contributed by atoms with Gasteiger partial charge in [0, 0.05) is 27.8 Å². The van der Waals surface area contributed by atoms with Crippen LogP contribution in [-0.2, 0) is 5.41 Å². The Morgan fingerprint density at radius 1 is 0.362 bits per heavy atom. The van der Waals surface area contributed by atoms with Crippen LogP contribution in [-0.4, -0.2) is 15.0 Å². The summed E-state index contributed by atoms with van der Waals surface area (Å²) in [5.41, 5.74) is 11.0. The van der Waals surface area contributed by atoms with Crippen molar-refractivity contribution in [3.8, 4) is 67.9 Å². The molecule has 0 aliphatic carbocycles. The molecule has 8 aromatic carbocycles. The number of nitrogens with zero attached hydrogens (tertiary/aromatic N) is 4. The molecule has 0 N–H and O–H groups in total. The maximum absolute atomic E-state index is 7.40. The Morgan fingerprint density at radius 2 is 0.793 bits per heavy atom. The van der Waals surface area contributed by atoms with Crippen molar-refractivity contribution in [2.24, 2.45) is 0 Å². The minimum atomic E-state index is -0.692. The van der Waals surface area contributed by atoms with Gasteiger partial charge in [0.2, 0.25) is 0 Å². The minimum Gasteiger partial charge on any atom is -0.457 e. The third-order valence-corrected chi connectivity index (χ3v) is 10.9. The molecule has 0 spiro atoms. The predicted octanol–water partition coefficient (Wildman–Crippen LogP) is 13.2. The Kier molecular flexibility index (Phi) is 8.70. The van der Waals surface area contributed by atoms with Crippen LogP contribution in [0.3, 0.4) is 0 Å². The predicted molar refractivity (Wildman–Crippen MR) is 232 cm³/mol. The van der Waals surface area contributed by atoms with E-state index >= 15 is 0 Å². The molecule has 0 atom stereocenters. The normalized spacial score (nSPS) is 12.4. The molecule has 5 nitrogen and oxygen atoms in total. The van der Waals surface area contributed by atoms with Crippen LogP contribution in [0.25, 0.3) is 61.3 Å². The summed E-state index contributed by atoms with van der Waals surface area (Å²) in [6.45, 7) is 7.40. The molecule has 10 rings (SSSR count). The van der Waals surface area contributed by atoms with Crippen molar-refractivity contribution in [2.45, 2.75) is 5.41 Å². The first-order valence-corrected chi connectivity index (χ1v) is 19.2. The number of ether oxygens (including phenoxy) is 1. The van der Waals surface area contributed by atoms with Crippen LogP contribution in [0, 0.1) is 6.57 Å². The monoisotopic (exact) mass is 742 g/mol. The number of benzene rings is 8. The van der Waals surface area contributed by atoms with E-state index in [2.05, 4.69) is 132 Å². The summed E-state index contributed by atoms with van der Waals surface area (Å²) >= 11 is 0. The summed E-state index contributed by atoms with van der Waals surface area (Å²) in [5, 5.41) is 0. The number of fused-ring (bicyclic) bond motifs is 2. The second kappa shape index (κ2) is 14.6. The van der Waals surface area contributed by atoms with Crippen LogP contribution in [0.4, 0.5) is 5.69 Å². The highest BCUT2D eigenvalue weighted by atomic mass is 16.5. The highest BCUT2D eigenvalue weighted by Crippen LogP contribution is 2.55. The second-order valence-corrected chi connectivity index (χ2v) is 14.3. The zero-order valence-corrected chi connectivity index (χ0v) is 31.3. The lowest BCUT2D eigenvalue weighted by atomic mass is 9.63. The molecule has 2 heterocycles. The number of hydrogen-bond donors (Lipinski definition) is 0. The van der Waals surface area contributed by atoms with E-state index in [0.717, 1.165) is 72.7 Å². The van der Waals surface area contributed by atoms with Crippen molar-refractivity contribution in [3.05, 3.63) is 240 Å². The van der Waals surface area contributed by atoms with Gasteiger partial charge in [0.05, 0.1) is 12.0 Å². The standard InChI is InChI=1S/C53H34N4O/c1-54-45-30-27-37(28-31-45)39-18-14-20-41(34-39)51-55-50(40-19-13-17-38(33-40)36-15-5-2-6-16-36)56-52(57-51)42-29-32-49-47(35-42)53(43-21-7-3-8-22-43,44-23-9-4-10-24-44)46-25-11-12-26-48(46)58-49/h2-35H. The van der Waals surface area contributed by atoms with Crippen molar-refractivity contribution >= 4 is 5.69 Å². The molecule has 0 saturated carbocycles. The van der Waals surface area contributed by atoms with E-state index in [1.165, 1.54) is 0 Å². The van der Waals surface area contributed by atoms with Gasteiger partial charge in [0.25, 0.3) is 0 Å². The van der Waals surface area contributed by atoms with E-state index in [9.17, 15) is 0 Å². The Morgan fingerprint density at radius 3 is 1.36 bits per heavy atom. The summed E-state index contributed by atoms with van der Waals surface area (Å²) in [5.74, 6) is 3.27. The highest BCUT2D eigenvalue weighted by Gasteiger charge is 2.45. The molecular weight excluding hydrogens is 709 g/mol. The third-order valence-electron chi connectivity index (χ3n) is 10.9. The van der Waals surface area contributed by atoms with Crippen molar-refractivity contribution < 1.29 is 4.74 Å². The molecule has 9 aromatic rings. The van der Waals surface area contributed by atoms with Crippen LogP contribution in [0.15, 0.2) is 206 Å². The van der Waals surface area contributed by atoms with Crippen LogP contribution in [0.5, 0.6) is 11.5 Å². The summed E-state index contributed by atoms with van der Waals surface area (Å²) in [6, 6.07) is 70.5. The van der Waals surface area contributed by atoms with Crippen LogP contribution >= 0.6 is 0 Å². The molecule has 0 unspecified atom stereocenters. The molecule has 0 saturated heterocycles. The average Bonchev–Trinajstić information content (AvgIpc) is 3.31. The fourth-order valence-electron chi connectivity index (χ4n) is 8.14. The maximum Gasteiger partial charge on any atom is 0.187 e. The number of aromatic nitrogens is 3. The molecule has 1 aliphatic heterocycles. The van der Waals surface area contributed by atoms with Gasteiger partial charge in [-0.15, -0.1) is 0 Å². The molecule has 0 bridgehead atoms. The Balaban J connectivity index is 1.19. The average molecular weight is 743 g/mol. The lowest BCUT2D eigenvalue weighted by molar-refractivity contribution is 0.434. The smallest absolute Gasteiger partial charge is 0.187 e. The molecule has 0 radical (unpaired) electrons. The lowest BCUT2D eigenvalue weighted by Crippen LogP contribution is -2.34. The third kappa shape index (κ3) is 6.10. The van der Waals surface area contributed by atoms with Gasteiger partial charge in [0.1, 0.15) is 11.5 Å². The molecule has 58 heavy (non-hydrogen) atoms. The van der Waals surface area contributed by atoms with Gasteiger partial charge in [-0.05, 0) is 69.8 Å². The Labute approximate surface area is 337 Å². The van der Waals surface area contributed by atoms with Crippen LogP contribution in [0.2, 0.25) is 0 Å². The quantitative estimate of drug-likeness (QED) is 0.153. The van der Waals surface area contributed by atoms with E-state index in [1.54, 1.807) is 0 Å². The molecule has 5 heteroatoms. The lowest BCUT2D eigenvalue weighted by Gasteiger charge is -2.41. The largest absolute Gasteiger partial charge is 0.457 e. The van der Waals surface area contributed by atoms with Gasteiger partial charge in [-0.25, -0.2) is 19.8 Å². The molecule has 1 aliphatic rings. The molecule has 0 fully saturated rings. The van der Waals surface area contributed by atoms with Crippen LogP contribution < -0.4 is 4.74 Å². The van der Waals surface area contributed by atoms with E-state index in [4.69, 9.17) is 26.3 Å². The van der Waals surface area contributed by atoms with Crippen molar-refractivity contribution in [2.75, 3.05) is 0 Å². The Bertz CT molecular complexity index is 2940. The number of para-hydroxylation sites is 1. The molecule has 1 aromatic heterocycles. The van der Waals surface area contributed by atoms with Gasteiger partial charge in [0.15, 0.2) is 23.2 Å². The molecule has 0 amide bonds. The first-order valence-electron chi connectivity index (χ1n) is 19.2. The van der Waals surface area contributed by atoms with Crippen LogP contribution in [0.1, 0.15) is 22.3 Å². The SMILES string of the molecule is [C-]#[N+]c1ccc(-c2cccc(-c3nc(-c4cccc(-c5ccccc5)c4)nc(-c4ccc5c(c4)C(c4ccccc4)(c4ccccc4)c4ccccc4O5)n3)c2)cc1. The van der Waals surface area contributed by atoms with E-state index in [1.807, 2.05) is 78.9 Å². The fourth-order valence-corrected chi connectivity index (χ4v) is 8.14. The van der Waals surface area contributed by atoms with Gasteiger partial charge in [-0.1, -0.05) is 170 Å². The molecule has 272 valence electrons. The zero-order valence-electron chi connectivity index (χ0n) is 31.3. The summed E-state index contributed by atoms with van der Waals surface area (Å²) in [4.78, 5) is 19.2. The highest BCUT2D eigenvalue weighted by molar-refractivity contribution is 5.77.